The molecule has 0 atom stereocenters. The number of nitrogens with two attached hydrogens (primary N) is 1. The Bertz CT molecular complexity index is 695. The van der Waals surface area contributed by atoms with Crippen LogP contribution in [0.5, 0.6) is 0 Å². The maximum absolute atomic E-state index is 12.1. The van der Waals surface area contributed by atoms with Gasteiger partial charge in [-0.25, -0.2) is 27.0 Å². The van der Waals surface area contributed by atoms with E-state index in [1.54, 1.807) is 0 Å². The van der Waals surface area contributed by atoms with Gasteiger partial charge in [-0.1, -0.05) is 25.7 Å². The predicted octanol–water partition coefficient (Wildman–Crippen LogP) is 1.05. The zero-order valence-electron chi connectivity index (χ0n) is 11.5. The Balaban J connectivity index is 2.09. The molecule has 9 heteroatoms. The molecule has 1 fully saturated rings. The van der Waals surface area contributed by atoms with Gasteiger partial charge >= 0.3 is 0 Å². The number of sulfonamides is 2. The van der Waals surface area contributed by atoms with E-state index < -0.39 is 25.1 Å². The van der Waals surface area contributed by atoms with Crippen molar-refractivity contribution in [1.82, 2.24) is 4.98 Å². The van der Waals surface area contributed by atoms with Gasteiger partial charge in [-0.15, -0.1) is 0 Å². The molecule has 0 aliphatic heterocycles. The third-order valence-electron chi connectivity index (χ3n) is 3.58. The zero-order valence-corrected chi connectivity index (χ0v) is 13.2. The Morgan fingerprint density at radius 2 is 1.90 bits per heavy atom. The molecular formula is C12H19N3O4S2. The van der Waals surface area contributed by atoms with E-state index in [0.717, 1.165) is 25.7 Å². The molecule has 0 radical (unpaired) electrons. The highest BCUT2D eigenvalue weighted by molar-refractivity contribution is 7.93. The van der Waals surface area contributed by atoms with E-state index in [0.29, 0.717) is 12.3 Å². The fourth-order valence-corrected chi connectivity index (χ4v) is 4.48. The van der Waals surface area contributed by atoms with Crippen LogP contribution in [-0.4, -0.2) is 27.6 Å². The first-order valence-corrected chi connectivity index (χ1v) is 9.96. The molecule has 7 nitrogen and oxygen atoms in total. The van der Waals surface area contributed by atoms with Gasteiger partial charge in [0.15, 0.2) is 5.03 Å². The summed E-state index contributed by atoms with van der Waals surface area (Å²) in [6.45, 7) is 0. The number of aromatic nitrogens is 1. The Kier molecular flexibility index (Phi) is 4.84. The largest absolute Gasteiger partial charge is 0.281 e. The Hall–Kier alpha value is -1.19. The molecule has 1 aromatic rings. The van der Waals surface area contributed by atoms with Crippen molar-refractivity contribution in [3.63, 3.8) is 0 Å². The fraction of sp³-hybridized carbons (Fsp3) is 0.583. The monoisotopic (exact) mass is 333 g/mol. The summed E-state index contributed by atoms with van der Waals surface area (Å²) in [7, 11) is -7.69. The van der Waals surface area contributed by atoms with Gasteiger partial charge in [0.2, 0.25) is 10.0 Å². The Morgan fingerprint density at radius 1 is 1.24 bits per heavy atom. The maximum Gasteiger partial charge on any atom is 0.257 e. The molecule has 1 saturated carbocycles. The van der Waals surface area contributed by atoms with E-state index in [-0.39, 0.29) is 11.4 Å². The van der Waals surface area contributed by atoms with Crippen molar-refractivity contribution in [3.8, 4) is 0 Å². The van der Waals surface area contributed by atoms with Gasteiger partial charge in [-0.3, -0.25) is 4.72 Å². The van der Waals surface area contributed by atoms with Crippen molar-refractivity contribution >= 4 is 25.7 Å². The highest BCUT2D eigenvalue weighted by Crippen LogP contribution is 2.28. The highest BCUT2D eigenvalue weighted by Gasteiger charge is 2.22. The molecule has 21 heavy (non-hydrogen) atoms. The molecule has 0 bridgehead atoms. The summed E-state index contributed by atoms with van der Waals surface area (Å²) < 4.78 is 49.2. The minimum atomic E-state index is -4.07. The molecule has 0 unspecified atom stereocenters. The standard InChI is InChI=1S/C12H19N3O4S2/c13-21(18,19)12-11(6-3-8-14-12)15-20(16,17)9-7-10-4-1-2-5-10/h3,6,8,10,15H,1-2,4-5,7,9H2,(H2,13,18,19). The number of nitrogens with one attached hydrogen (secondary N) is 1. The second-order valence-corrected chi connectivity index (χ2v) is 8.58. The SMILES string of the molecule is NS(=O)(=O)c1ncccc1NS(=O)(=O)CCC1CCCC1. The fourth-order valence-electron chi connectivity index (χ4n) is 2.53. The van der Waals surface area contributed by atoms with E-state index in [2.05, 4.69) is 9.71 Å². The highest BCUT2D eigenvalue weighted by atomic mass is 32.2. The summed E-state index contributed by atoms with van der Waals surface area (Å²) in [6.07, 6.45) is 6.25. The topological polar surface area (TPSA) is 119 Å². The average Bonchev–Trinajstić information content (AvgIpc) is 2.88. The molecule has 0 spiro atoms. The number of primary sulfonamides is 1. The number of nitrogens with zero attached hydrogens (tertiary/aromatic N) is 1. The maximum atomic E-state index is 12.1. The molecule has 1 aliphatic carbocycles. The summed E-state index contributed by atoms with van der Waals surface area (Å²) in [4.78, 5) is 3.63. The van der Waals surface area contributed by atoms with Gasteiger partial charge in [0.1, 0.15) is 0 Å². The normalized spacial score (nSPS) is 17.0. The number of anilines is 1. The van der Waals surface area contributed by atoms with Crippen LogP contribution in [0.15, 0.2) is 23.4 Å². The summed E-state index contributed by atoms with van der Waals surface area (Å²) in [5, 5.41) is 4.56. The second kappa shape index (κ2) is 6.29. The molecule has 1 heterocycles. The van der Waals surface area contributed by atoms with E-state index in [9.17, 15) is 16.8 Å². The number of hydrogen-bond donors (Lipinski definition) is 2. The van der Waals surface area contributed by atoms with Crippen LogP contribution in [0.4, 0.5) is 5.69 Å². The lowest BCUT2D eigenvalue weighted by Gasteiger charge is -2.12. The van der Waals surface area contributed by atoms with Crippen molar-refractivity contribution in [1.29, 1.82) is 0 Å². The van der Waals surface area contributed by atoms with Gasteiger partial charge < -0.3 is 0 Å². The van der Waals surface area contributed by atoms with Gasteiger partial charge in [-0.2, -0.15) is 0 Å². The summed E-state index contributed by atoms with van der Waals surface area (Å²) in [5.41, 5.74) is -0.105. The smallest absolute Gasteiger partial charge is 0.257 e. The molecule has 118 valence electrons. The third-order valence-corrected chi connectivity index (χ3v) is 5.74. The molecule has 1 aliphatic rings. The van der Waals surface area contributed by atoms with E-state index in [1.165, 1.54) is 18.3 Å². The summed E-state index contributed by atoms with van der Waals surface area (Å²) >= 11 is 0. The number of pyridine rings is 1. The van der Waals surface area contributed by atoms with Crippen LogP contribution in [0, 0.1) is 5.92 Å². The molecule has 0 aromatic carbocycles. The van der Waals surface area contributed by atoms with Gasteiger partial charge in [0, 0.05) is 6.20 Å². The second-order valence-electron chi connectivity index (χ2n) is 5.26. The average molecular weight is 333 g/mol. The Morgan fingerprint density at radius 3 is 2.52 bits per heavy atom. The lowest BCUT2D eigenvalue weighted by Crippen LogP contribution is -2.22. The van der Waals surface area contributed by atoms with Crippen molar-refractivity contribution < 1.29 is 16.8 Å². The summed E-state index contributed by atoms with van der Waals surface area (Å²) in [6, 6.07) is 2.78. The first kappa shape index (κ1) is 16.2. The van der Waals surface area contributed by atoms with Crippen LogP contribution in [0.3, 0.4) is 0 Å². The van der Waals surface area contributed by atoms with Crippen LogP contribution < -0.4 is 9.86 Å². The number of rotatable bonds is 6. The molecule has 0 amide bonds. The molecule has 2 rings (SSSR count). The van der Waals surface area contributed by atoms with Crippen molar-refractivity contribution in [2.24, 2.45) is 11.1 Å². The van der Waals surface area contributed by atoms with Crippen LogP contribution in [0.1, 0.15) is 32.1 Å². The van der Waals surface area contributed by atoms with Crippen molar-refractivity contribution in [3.05, 3.63) is 18.3 Å². The minimum Gasteiger partial charge on any atom is -0.281 e. The van der Waals surface area contributed by atoms with E-state index >= 15 is 0 Å². The quantitative estimate of drug-likeness (QED) is 0.806. The summed E-state index contributed by atoms with van der Waals surface area (Å²) in [5.74, 6) is 0.407. The van der Waals surface area contributed by atoms with Crippen LogP contribution in [0.25, 0.3) is 0 Å². The first-order chi connectivity index (χ1) is 9.78. The van der Waals surface area contributed by atoms with Gasteiger partial charge in [-0.05, 0) is 24.5 Å². The van der Waals surface area contributed by atoms with E-state index in [4.69, 9.17) is 5.14 Å². The van der Waals surface area contributed by atoms with Crippen molar-refractivity contribution in [2.75, 3.05) is 10.5 Å². The lowest BCUT2D eigenvalue weighted by atomic mass is 10.1. The molecule has 3 N–H and O–H groups in total. The van der Waals surface area contributed by atoms with Crippen molar-refractivity contribution in [2.45, 2.75) is 37.1 Å². The molecule has 1 aromatic heterocycles. The van der Waals surface area contributed by atoms with Crippen LogP contribution in [0.2, 0.25) is 0 Å². The van der Waals surface area contributed by atoms with E-state index in [1.807, 2.05) is 0 Å². The lowest BCUT2D eigenvalue weighted by molar-refractivity contribution is 0.522. The van der Waals surface area contributed by atoms with Crippen LogP contribution in [-0.2, 0) is 20.0 Å². The number of hydrogen-bond acceptors (Lipinski definition) is 5. The molecule has 0 saturated heterocycles. The minimum absolute atomic E-state index is 0.0311. The van der Waals surface area contributed by atoms with Gasteiger partial charge in [0.25, 0.3) is 10.0 Å². The zero-order chi connectivity index (χ0) is 15.5. The van der Waals surface area contributed by atoms with Gasteiger partial charge in [0.05, 0.1) is 11.4 Å². The molecular weight excluding hydrogens is 314 g/mol. The Labute approximate surface area is 125 Å². The third kappa shape index (κ3) is 4.65. The predicted molar refractivity (Wildman–Crippen MR) is 79.6 cm³/mol. The van der Waals surface area contributed by atoms with Crippen LogP contribution >= 0.6 is 0 Å². The first-order valence-electron chi connectivity index (χ1n) is 6.76.